The predicted molar refractivity (Wildman–Crippen MR) is 159 cm³/mol. The number of hydrogen-bond acceptors (Lipinski definition) is 4. The lowest BCUT2D eigenvalue weighted by atomic mass is 9.68. The second kappa shape index (κ2) is 11.0. The van der Waals surface area contributed by atoms with Gasteiger partial charge in [0.1, 0.15) is 0 Å². The SMILES string of the molecule is CC(=O)NCNCc1ccc(Cn2nc(C(=O)NC3C4(C)CCC(C4)C3(C)C)cc2-c2ccc(Cl)c(C)c2)cc1. The second-order valence-electron chi connectivity index (χ2n) is 12.5. The van der Waals surface area contributed by atoms with Gasteiger partial charge in [-0.05, 0) is 77.8 Å². The van der Waals surface area contributed by atoms with Crippen LogP contribution in [0.4, 0.5) is 0 Å². The van der Waals surface area contributed by atoms with Crippen molar-refractivity contribution in [1.82, 2.24) is 25.7 Å². The molecule has 2 saturated carbocycles. The van der Waals surface area contributed by atoms with Crippen LogP contribution in [-0.2, 0) is 17.9 Å². The minimum atomic E-state index is -0.113. The third-order valence-electron chi connectivity index (χ3n) is 9.16. The van der Waals surface area contributed by atoms with E-state index < -0.39 is 0 Å². The van der Waals surface area contributed by atoms with Crippen LogP contribution in [0.15, 0.2) is 48.5 Å². The first-order valence-corrected chi connectivity index (χ1v) is 14.5. The molecule has 0 spiro atoms. The van der Waals surface area contributed by atoms with Gasteiger partial charge >= 0.3 is 0 Å². The summed E-state index contributed by atoms with van der Waals surface area (Å²) in [5.41, 5.74) is 5.67. The molecule has 5 rings (SSSR count). The fraction of sp³-hybridized carbons (Fsp3) is 0.469. The predicted octanol–water partition coefficient (Wildman–Crippen LogP) is 5.69. The zero-order chi connectivity index (χ0) is 28.7. The standard InChI is InChI=1S/C32H40ClN5O2/c1-20-14-24(10-11-26(20)33)28-15-27(29(40)36-30-31(3,4)25-12-13-32(30,5)16-25)37-38(28)18-23-8-6-22(7-9-23)17-34-19-35-21(2)39/h6-11,14-15,25,30,34H,12-13,16-19H2,1-5H3,(H,35,39)(H,36,40). The van der Waals surface area contributed by atoms with Gasteiger partial charge in [0.05, 0.1) is 18.9 Å². The van der Waals surface area contributed by atoms with Crippen LogP contribution in [0.2, 0.25) is 5.02 Å². The van der Waals surface area contributed by atoms with Crippen LogP contribution in [-0.4, -0.2) is 34.3 Å². The van der Waals surface area contributed by atoms with Crippen LogP contribution in [0, 0.1) is 23.7 Å². The van der Waals surface area contributed by atoms with Gasteiger partial charge < -0.3 is 10.6 Å². The molecule has 2 aliphatic rings. The van der Waals surface area contributed by atoms with Gasteiger partial charge in [0.15, 0.2) is 5.69 Å². The molecule has 3 N–H and O–H groups in total. The maximum Gasteiger partial charge on any atom is 0.272 e. The number of nitrogens with zero attached hydrogens (tertiary/aromatic N) is 2. The molecule has 212 valence electrons. The monoisotopic (exact) mass is 561 g/mol. The lowest BCUT2D eigenvalue weighted by Crippen LogP contribution is -2.52. The summed E-state index contributed by atoms with van der Waals surface area (Å²) in [6.07, 6.45) is 3.58. The van der Waals surface area contributed by atoms with Crippen molar-refractivity contribution in [3.8, 4) is 11.3 Å². The van der Waals surface area contributed by atoms with E-state index in [0.717, 1.165) is 34.4 Å². The average Bonchev–Trinajstić information content (AvgIpc) is 3.56. The highest BCUT2D eigenvalue weighted by Crippen LogP contribution is 2.62. The molecular formula is C32H40ClN5O2. The molecule has 2 bridgehead atoms. The van der Waals surface area contributed by atoms with Gasteiger partial charge in [-0.15, -0.1) is 0 Å². The van der Waals surface area contributed by atoms with Gasteiger partial charge in [-0.2, -0.15) is 5.10 Å². The van der Waals surface area contributed by atoms with Gasteiger partial charge in [-0.3, -0.25) is 19.6 Å². The lowest BCUT2D eigenvalue weighted by Gasteiger charge is -2.42. The van der Waals surface area contributed by atoms with Crippen LogP contribution in [0.25, 0.3) is 11.3 Å². The van der Waals surface area contributed by atoms with Crippen LogP contribution in [0.3, 0.4) is 0 Å². The first kappa shape index (κ1) is 28.4. The summed E-state index contributed by atoms with van der Waals surface area (Å²) >= 11 is 6.32. The molecule has 3 aromatic rings. The van der Waals surface area contributed by atoms with Crippen molar-refractivity contribution in [3.63, 3.8) is 0 Å². The fourth-order valence-corrected chi connectivity index (χ4v) is 7.00. The smallest absolute Gasteiger partial charge is 0.272 e. The highest BCUT2D eigenvalue weighted by molar-refractivity contribution is 6.31. The van der Waals surface area contributed by atoms with Crippen molar-refractivity contribution in [1.29, 1.82) is 0 Å². The number of benzene rings is 2. The van der Waals surface area contributed by atoms with E-state index in [4.69, 9.17) is 16.7 Å². The number of amides is 2. The molecule has 0 saturated heterocycles. The minimum absolute atomic E-state index is 0.0600. The number of halogens is 1. The van der Waals surface area contributed by atoms with Crippen molar-refractivity contribution >= 4 is 23.4 Å². The number of aromatic nitrogens is 2. The normalized spacial score (nSPS) is 22.9. The van der Waals surface area contributed by atoms with Crippen molar-refractivity contribution in [2.45, 2.75) is 73.0 Å². The molecule has 3 unspecified atom stereocenters. The van der Waals surface area contributed by atoms with E-state index in [0.29, 0.717) is 36.4 Å². The Hall–Kier alpha value is -3.16. The number of carbonyl (C=O) groups is 2. The number of fused-ring (bicyclic) bond motifs is 2. The van der Waals surface area contributed by atoms with Crippen molar-refractivity contribution < 1.29 is 9.59 Å². The number of rotatable bonds is 9. The van der Waals surface area contributed by atoms with Crippen LogP contribution >= 0.6 is 11.6 Å². The zero-order valence-corrected chi connectivity index (χ0v) is 24.9. The van der Waals surface area contributed by atoms with E-state index in [1.165, 1.54) is 19.8 Å². The van der Waals surface area contributed by atoms with E-state index >= 15 is 0 Å². The van der Waals surface area contributed by atoms with Crippen molar-refractivity contribution in [3.05, 3.63) is 75.9 Å². The molecule has 0 aliphatic heterocycles. The summed E-state index contributed by atoms with van der Waals surface area (Å²) in [7, 11) is 0. The second-order valence-corrected chi connectivity index (χ2v) is 12.9. The highest BCUT2D eigenvalue weighted by Gasteiger charge is 2.59. The van der Waals surface area contributed by atoms with Gasteiger partial charge in [0, 0.05) is 30.1 Å². The Bertz CT molecular complexity index is 1410. The Morgan fingerprint density at radius 2 is 1.80 bits per heavy atom. The van der Waals surface area contributed by atoms with E-state index in [2.05, 4.69) is 61.0 Å². The number of aryl methyl sites for hydroxylation is 1. The number of hydrogen-bond donors (Lipinski definition) is 3. The zero-order valence-electron chi connectivity index (χ0n) is 24.1. The number of carbonyl (C=O) groups excluding carboxylic acids is 2. The molecule has 2 aromatic carbocycles. The van der Waals surface area contributed by atoms with E-state index in [-0.39, 0.29) is 28.7 Å². The fourth-order valence-electron chi connectivity index (χ4n) is 6.88. The summed E-state index contributed by atoms with van der Waals surface area (Å²) in [4.78, 5) is 24.7. The Labute approximate surface area is 242 Å². The molecule has 0 radical (unpaired) electrons. The van der Waals surface area contributed by atoms with E-state index in [9.17, 15) is 9.59 Å². The summed E-state index contributed by atoms with van der Waals surface area (Å²) in [6.45, 7) is 12.0. The van der Waals surface area contributed by atoms with Crippen LogP contribution in [0.5, 0.6) is 0 Å². The minimum Gasteiger partial charge on any atom is -0.347 e. The summed E-state index contributed by atoms with van der Waals surface area (Å²) in [5, 5.41) is 14.9. The summed E-state index contributed by atoms with van der Waals surface area (Å²) in [6, 6.07) is 16.2. The van der Waals surface area contributed by atoms with Crippen LogP contribution < -0.4 is 16.0 Å². The largest absolute Gasteiger partial charge is 0.347 e. The molecule has 3 atom stereocenters. The maximum absolute atomic E-state index is 13.6. The topological polar surface area (TPSA) is 88.1 Å². The molecule has 2 amide bonds. The van der Waals surface area contributed by atoms with E-state index in [1.54, 1.807) is 0 Å². The quantitative estimate of drug-likeness (QED) is 0.231. The molecule has 40 heavy (non-hydrogen) atoms. The molecule has 8 heteroatoms. The van der Waals surface area contributed by atoms with Gasteiger partial charge in [0.25, 0.3) is 5.91 Å². The third-order valence-corrected chi connectivity index (χ3v) is 9.58. The first-order valence-electron chi connectivity index (χ1n) is 14.1. The molecule has 1 heterocycles. The van der Waals surface area contributed by atoms with Gasteiger partial charge in [0.2, 0.25) is 5.91 Å². The average molecular weight is 562 g/mol. The first-order chi connectivity index (χ1) is 19.0. The molecule has 7 nitrogen and oxygen atoms in total. The van der Waals surface area contributed by atoms with Gasteiger partial charge in [-0.1, -0.05) is 62.7 Å². The van der Waals surface area contributed by atoms with Crippen molar-refractivity contribution in [2.24, 2.45) is 16.7 Å². The Morgan fingerprint density at radius 3 is 2.45 bits per heavy atom. The third kappa shape index (κ3) is 5.68. The lowest BCUT2D eigenvalue weighted by molar-refractivity contribution is -0.119. The molecule has 1 aromatic heterocycles. The number of nitrogens with one attached hydrogen (secondary N) is 3. The Kier molecular flexibility index (Phi) is 7.81. The Balaban J connectivity index is 1.38. The van der Waals surface area contributed by atoms with Crippen LogP contribution in [0.1, 0.15) is 74.1 Å². The summed E-state index contributed by atoms with van der Waals surface area (Å²) < 4.78 is 1.91. The molecular weight excluding hydrogens is 522 g/mol. The van der Waals surface area contributed by atoms with Gasteiger partial charge in [-0.25, -0.2) is 0 Å². The molecule has 2 aliphatic carbocycles. The van der Waals surface area contributed by atoms with Crippen molar-refractivity contribution in [2.75, 3.05) is 6.67 Å². The van der Waals surface area contributed by atoms with E-state index in [1.807, 2.05) is 35.9 Å². The summed E-state index contributed by atoms with van der Waals surface area (Å²) in [5.74, 6) is 0.477. The Morgan fingerprint density at radius 1 is 1.07 bits per heavy atom. The maximum atomic E-state index is 13.6. The highest BCUT2D eigenvalue weighted by atomic mass is 35.5. The molecule has 2 fully saturated rings.